The molecular formula is C26H28N4O4. The van der Waals surface area contributed by atoms with Crippen LogP contribution in [0.2, 0.25) is 0 Å². The molecule has 8 nitrogen and oxygen atoms in total. The zero-order chi connectivity index (χ0) is 24.1. The number of aromatic nitrogens is 3. The number of hydrogen-bond donors (Lipinski definition) is 1. The lowest BCUT2D eigenvalue weighted by atomic mass is 10.0. The Bertz CT molecular complexity index is 1240. The molecule has 0 radical (unpaired) electrons. The summed E-state index contributed by atoms with van der Waals surface area (Å²) < 4.78 is 18.6. The number of hydrogen-bond acceptors (Lipinski definition) is 6. The van der Waals surface area contributed by atoms with Crippen LogP contribution in [0.3, 0.4) is 0 Å². The predicted molar refractivity (Wildman–Crippen MR) is 128 cm³/mol. The third-order valence-electron chi connectivity index (χ3n) is 5.58. The summed E-state index contributed by atoms with van der Waals surface area (Å²) in [4.78, 5) is 21.7. The van der Waals surface area contributed by atoms with Gasteiger partial charge in [-0.2, -0.15) is 0 Å². The van der Waals surface area contributed by atoms with E-state index in [-0.39, 0.29) is 12.3 Å². The molecule has 0 aliphatic heterocycles. The molecule has 1 atom stereocenters. The summed E-state index contributed by atoms with van der Waals surface area (Å²) in [6.07, 6.45) is 5.83. The third kappa shape index (κ3) is 5.28. The van der Waals surface area contributed by atoms with Crippen molar-refractivity contribution in [1.82, 2.24) is 19.9 Å². The summed E-state index contributed by atoms with van der Waals surface area (Å²) in [5, 5.41) is 3.09. The van der Waals surface area contributed by atoms with Crippen molar-refractivity contribution < 1.29 is 18.7 Å². The SMILES string of the molecule is COc1cc(OC)cc(C(NC(=O)CCc2ncc(-c3ccc(C)cc3)o2)c2nccn2C)c1. The minimum Gasteiger partial charge on any atom is -0.497 e. The quantitative estimate of drug-likeness (QED) is 0.402. The lowest BCUT2D eigenvalue weighted by Gasteiger charge is -2.20. The first kappa shape index (κ1) is 23.1. The van der Waals surface area contributed by atoms with Crippen LogP contribution in [0.1, 0.15) is 35.3 Å². The molecule has 2 aromatic carbocycles. The van der Waals surface area contributed by atoms with Crippen LogP contribution in [-0.4, -0.2) is 34.7 Å². The van der Waals surface area contributed by atoms with Gasteiger partial charge in [0.1, 0.15) is 23.4 Å². The highest BCUT2D eigenvalue weighted by atomic mass is 16.5. The van der Waals surface area contributed by atoms with E-state index in [1.165, 1.54) is 5.56 Å². The van der Waals surface area contributed by atoms with Crippen molar-refractivity contribution in [3.05, 3.63) is 83.9 Å². The van der Waals surface area contributed by atoms with E-state index >= 15 is 0 Å². The van der Waals surface area contributed by atoms with Crippen LogP contribution < -0.4 is 14.8 Å². The molecule has 2 aromatic heterocycles. The summed E-state index contributed by atoms with van der Waals surface area (Å²) in [6.45, 7) is 2.04. The summed E-state index contributed by atoms with van der Waals surface area (Å²) in [6, 6.07) is 13.1. The molecule has 0 bridgehead atoms. The number of carbonyl (C=O) groups is 1. The number of nitrogens with zero attached hydrogens (tertiary/aromatic N) is 3. The number of ether oxygens (including phenoxy) is 2. The van der Waals surface area contributed by atoms with E-state index in [1.807, 2.05) is 61.1 Å². The maximum Gasteiger partial charge on any atom is 0.221 e. The van der Waals surface area contributed by atoms with Gasteiger partial charge in [0.25, 0.3) is 0 Å². The van der Waals surface area contributed by atoms with E-state index in [0.717, 1.165) is 11.1 Å². The second kappa shape index (κ2) is 10.2. The van der Waals surface area contributed by atoms with Crippen LogP contribution in [-0.2, 0) is 18.3 Å². The summed E-state index contributed by atoms with van der Waals surface area (Å²) in [5.41, 5.74) is 2.93. The van der Waals surface area contributed by atoms with E-state index in [9.17, 15) is 4.79 Å². The first-order valence-corrected chi connectivity index (χ1v) is 11.0. The molecule has 2 heterocycles. The smallest absolute Gasteiger partial charge is 0.221 e. The second-order valence-corrected chi connectivity index (χ2v) is 8.03. The number of nitrogens with one attached hydrogen (secondary N) is 1. The van der Waals surface area contributed by atoms with Gasteiger partial charge in [-0.25, -0.2) is 9.97 Å². The van der Waals surface area contributed by atoms with Crippen molar-refractivity contribution in [2.75, 3.05) is 14.2 Å². The molecule has 0 aliphatic carbocycles. The van der Waals surface area contributed by atoms with Crippen LogP contribution >= 0.6 is 0 Å². The Kier molecular flexibility index (Phi) is 6.96. The fourth-order valence-electron chi connectivity index (χ4n) is 3.68. The zero-order valence-corrected chi connectivity index (χ0v) is 19.7. The van der Waals surface area contributed by atoms with Gasteiger partial charge in [-0.1, -0.05) is 29.8 Å². The lowest BCUT2D eigenvalue weighted by molar-refractivity contribution is -0.121. The molecule has 0 fully saturated rings. The predicted octanol–water partition coefficient (Wildman–Crippen LogP) is 4.24. The topological polar surface area (TPSA) is 91.4 Å². The number of imidazole rings is 1. The molecule has 4 aromatic rings. The van der Waals surface area contributed by atoms with E-state index in [1.54, 1.807) is 32.7 Å². The van der Waals surface area contributed by atoms with Gasteiger partial charge in [0.2, 0.25) is 5.91 Å². The van der Waals surface area contributed by atoms with Gasteiger partial charge >= 0.3 is 0 Å². The van der Waals surface area contributed by atoms with E-state index < -0.39 is 6.04 Å². The number of amides is 1. The number of methoxy groups -OCH3 is 2. The molecule has 176 valence electrons. The average Bonchev–Trinajstić information content (AvgIpc) is 3.50. The first-order valence-electron chi connectivity index (χ1n) is 11.0. The molecule has 0 aliphatic rings. The maximum absolute atomic E-state index is 12.9. The number of carbonyl (C=O) groups excluding carboxylic acids is 1. The summed E-state index contributed by atoms with van der Waals surface area (Å²) in [7, 11) is 5.07. The molecule has 0 spiro atoms. The standard InChI is InChI=1S/C26H28N4O4/c1-17-5-7-18(8-6-17)22-16-28-24(34-22)10-9-23(31)29-25(26-27-11-12-30(26)2)19-13-20(32-3)15-21(14-19)33-4/h5-8,11-16,25H,9-10H2,1-4H3,(H,29,31). The number of rotatable bonds is 9. The molecular weight excluding hydrogens is 432 g/mol. The third-order valence-corrected chi connectivity index (χ3v) is 5.58. The average molecular weight is 461 g/mol. The molecule has 1 amide bonds. The van der Waals surface area contributed by atoms with E-state index in [0.29, 0.717) is 35.4 Å². The molecule has 4 rings (SSSR count). The van der Waals surface area contributed by atoms with Crippen molar-refractivity contribution in [2.24, 2.45) is 7.05 Å². The highest BCUT2D eigenvalue weighted by Gasteiger charge is 2.22. The van der Waals surface area contributed by atoms with Crippen LogP contribution in [0.15, 0.2) is 65.5 Å². The molecule has 34 heavy (non-hydrogen) atoms. The van der Waals surface area contributed by atoms with Gasteiger partial charge in [0, 0.05) is 43.9 Å². The molecule has 0 saturated carbocycles. The monoisotopic (exact) mass is 460 g/mol. The fraction of sp³-hybridized carbons (Fsp3) is 0.269. The van der Waals surface area contributed by atoms with Crippen molar-refractivity contribution in [1.29, 1.82) is 0 Å². The molecule has 8 heteroatoms. The van der Waals surface area contributed by atoms with Crippen molar-refractivity contribution in [3.8, 4) is 22.8 Å². The molecule has 0 saturated heterocycles. The Morgan fingerprint density at radius 3 is 2.41 bits per heavy atom. The summed E-state index contributed by atoms with van der Waals surface area (Å²) in [5.74, 6) is 3.01. The Labute approximate surface area is 198 Å². The normalized spacial score (nSPS) is 11.8. The van der Waals surface area contributed by atoms with Gasteiger partial charge < -0.3 is 23.8 Å². The Balaban J connectivity index is 1.49. The maximum atomic E-state index is 12.9. The van der Waals surface area contributed by atoms with E-state index in [4.69, 9.17) is 13.9 Å². The van der Waals surface area contributed by atoms with Crippen molar-refractivity contribution in [3.63, 3.8) is 0 Å². The minimum absolute atomic E-state index is 0.148. The van der Waals surface area contributed by atoms with Crippen LogP contribution in [0.25, 0.3) is 11.3 Å². The molecule has 1 unspecified atom stereocenters. The number of benzene rings is 2. The van der Waals surface area contributed by atoms with Crippen LogP contribution in [0, 0.1) is 6.92 Å². The van der Waals surface area contributed by atoms with Gasteiger partial charge in [-0.3, -0.25) is 4.79 Å². The number of oxazole rings is 1. The lowest BCUT2D eigenvalue weighted by Crippen LogP contribution is -2.31. The highest BCUT2D eigenvalue weighted by Crippen LogP contribution is 2.29. The van der Waals surface area contributed by atoms with Gasteiger partial charge in [-0.15, -0.1) is 0 Å². The Hall–Kier alpha value is -4.07. The summed E-state index contributed by atoms with van der Waals surface area (Å²) >= 11 is 0. The van der Waals surface area contributed by atoms with Crippen LogP contribution in [0.5, 0.6) is 11.5 Å². The largest absolute Gasteiger partial charge is 0.497 e. The Morgan fingerprint density at radius 2 is 1.79 bits per heavy atom. The van der Waals surface area contributed by atoms with E-state index in [2.05, 4.69) is 15.3 Å². The van der Waals surface area contributed by atoms with Crippen LogP contribution in [0.4, 0.5) is 0 Å². The van der Waals surface area contributed by atoms with Crippen molar-refractivity contribution in [2.45, 2.75) is 25.8 Å². The second-order valence-electron chi connectivity index (χ2n) is 8.03. The Morgan fingerprint density at radius 1 is 1.09 bits per heavy atom. The first-order chi connectivity index (χ1) is 16.5. The minimum atomic E-state index is -0.482. The van der Waals surface area contributed by atoms with Crippen molar-refractivity contribution >= 4 is 5.91 Å². The van der Waals surface area contributed by atoms with Gasteiger partial charge in [0.05, 0.1) is 20.4 Å². The van der Waals surface area contributed by atoms with Gasteiger partial charge in [0.15, 0.2) is 11.7 Å². The zero-order valence-electron chi connectivity index (χ0n) is 19.7. The number of aryl methyl sites for hydroxylation is 3. The van der Waals surface area contributed by atoms with Gasteiger partial charge in [-0.05, 0) is 24.6 Å². The highest BCUT2D eigenvalue weighted by molar-refractivity contribution is 5.77. The fourth-order valence-corrected chi connectivity index (χ4v) is 3.68. The molecule has 1 N–H and O–H groups in total.